The van der Waals surface area contributed by atoms with Gasteiger partial charge >= 0.3 is 0 Å². The quantitative estimate of drug-likeness (QED) is 0.422. The fourth-order valence-electron chi connectivity index (χ4n) is 3.95. The zero-order chi connectivity index (χ0) is 23.7. The fourth-order valence-corrected chi connectivity index (χ4v) is 5.06. The molecule has 0 bridgehead atoms. The Hall–Kier alpha value is -3.27. The molecular weight excluding hydrogens is 474 g/mol. The van der Waals surface area contributed by atoms with Crippen LogP contribution in [0, 0.1) is 0 Å². The minimum absolute atomic E-state index is 0.00505. The van der Waals surface area contributed by atoms with Crippen molar-refractivity contribution in [1.29, 1.82) is 0 Å². The van der Waals surface area contributed by atoms with Gasteiger partial charge in [0.15, 0.2) is 0 Å². The van der Waals surface area contributed by atoms with Crippen LogP contribution in [0.1, 0.15) is 16.1 Å². The molecule has 0 atom stereocenters. The molecule has 10 heteroatoms. The Balaban J connectivity index is 1.27. The maximum atomic E-state index is 12.8. The van der Waals surface area contributed by atoms with Gasteiger partial charge < -0.3 is 9.64 Å². The summed E-state index contributed by atoms with van der Waals surface area (Å²) in [5.74, 6) is 0.661. The Morgan fingerprint density at radius 1 is 1.09 bits per heavy atom. The number of nitrogens with zero attached hydrogens (tertiary/aromatic N) is 5. The molecule has 1 aliphatic heterocycles. The zero-order valence-electron chi connectivity index (χ0n) is 18.5. The number of methoxy groups -OCH3 is 1. The normalized spacial score (nSPS) is 14.5. The molecule has 4 aromatic rings. The average molecular weight is 496 g/mol. The van der Waals surface area contributed by atoms with Crippen molar-refractivity contribution in [3.05, 3.63) is 81.2 Å². The van der Waals surface area contributed by atoms with Gasteiger partial charge in [0, 0.05) is 54.9 Å². The molecule has 5 rings (SSSR count). The van der Waals surface area contributed by atoms with E-state index in [0.717, 1.165) is 5.56 Å². The molecule has 34 heavy (non-hydrogen) atoms. The van der Waals surface area contributed by atoms with Crippen LogP contribution in [-0.4, -0.2) is 63.6 Å². The third-order valence-electron chi connectivity index (χ3n) is 5.73. The molecule has 1 saturated heterocycles. The molecule has 0 unspecified atom stereocenters. The SMILES string of the molecule is COc1cccc(C(=O)N2CCN(Cc3cc(=O)n4nc(-c5cccc(Cl)c5)sc4n3)CC2)c1. The van der Waals surface area contributed by atoms with Crippen LogP contribution in [-0.2, 0) is 6.54 Å². The highest BCUT2D eigenvalue weighted by Crippen LogP contribution is 2.26. The van der Waals surface area contributed by atoms with Crippen molar-refractivity contribution in [2.24, 2.45) is 0 Å². The number of carbonyl (C=O) groups is 1. The maximum Gasteiger partial charge on any atom is 0.275 e. The molecule has 174 valence electrons. The summed E-state index contributed by atoms with van der Waals surface area (Å²) in [6.07, 6.45) is 0. The van der Waals surface area contributed by atoms with Gasteiger partial charge in [-0.1, -0.05) is 41.1 Å². The molecule has 0 N–H and O–H groups in total. The van der Waals surface area contributed by atoms with Gasteiger partial charge in [0.1, 0.15) is 10.8 Å². The second-order valence-corrected chi connectivity index (χ2v) is 9.39. The van der Waals surface area contributed by atoms with E-state index in [1.165, 1.54) is 21.9 Å². The van der Waals surface area contributed by atoms with E-state index >= 15 is 0 Å². The number of rotatable bonds is 5. The number of amides is 1. The van der Waals surface area contributed by atoms with Gasteiger partial charge in [-0.25, -0.2) is 4.98 Å². The molecule has 2 aromatic carbocycles. The first-order valence-electron chi connectivity index (χ1n) is 10.8. The van der Waals surface area contributed by atoms with Crippen LogP contribution in [0.15, 0.2) is 59.4 Å². The van der Waals surface area contributed by atoms with E-state index in [4.69, 9.17) is 16.3 Å². The lowest BCUT2D eigenvalue weighted by molar-refractivity contribution is 0.0626. The Labute approximate surface area is 205 Å². The number of piperazine rings is 1. The second-order valence-electron chi connectivity index (χ2n) is 8.00. The summed E-state index contributed by atoms with van der Waals surface area (Å²) in [6, 6.07) is 16.1. The molecule has 0 aliphatic carbocycles. The van der Waals surface area contributed by atoms with Crippen LogP contribution in [0.3, 0.4) is 0 Å². The third kappa shape index (κ3) is 4.68. The molecule has 1 amide bonds. The number of fused-ring (bicyclic) bond motifs is 1. The lowest BCUT2D eigenvalue weighted by Gasteiger charge is -2.34. The summed E-state index contributed by atoms with van der Waals surface area (Å²) in [4.78, 5) is 34.8. The molecule has 3 heterocycles. The standard InChI is InChI=1S/C24H22ClN5O3S/c1-33-20-7-3-5-17(13-20)23(32)29-10-8-28(9-11-29)15-19-14-21(31)30-24(26-19)34-22(27-30)16-4-2-6-18(25)12-16/h2-7,12-14H,8-11,15H2,1H3. The highest BCUT2D eigenvalue weighted by Gasteiger charge is 2.23. The van der Waals surface area contributed by atoms with Crippen molar-refractivity contribution in [3.8, 4) is 16.3 Å². The van der Waals surface area contributed by atoms with E-state index in [1.807, 2.05) is 35.2 Å². The summed E-state index contributed by atoms with van der Waals surface area (Å²) < 4.78 is 6.55. The van der Waals surface area contributed by atoms with E-state index in [9.17, 15) is 9.59 Å². The zero-order valence-corrected chi connectivity index (χ0v) is 20.1. The van der Waals surface area contributed by atoms with Crippen molar-refractivity contribution >= 4 is 33.8 Å². The van der Waals surface area contributed by atoms with Crippen molar-refractivity contribution < 1.29 is 9.53 Å². The van der Waals surface area contributed by atoms with Crippen molar-refractivity contribution in [3.63, 3.8) is 0 Å². The summed E-state index contributed by atoms with van der Waals surface area (Å²) in [5.41, 5.74) is 1.95. The first-order valence-corrected chi connectivity index (χ1v) is 12.0. The summed E-state index contributed by atoms with van der Waals surface area (Å²) in [6.45, 7) is 3.16. The Kier molecular flexibility index (Phi) is 6.32. The number of ether oxygens (including phenoxy) is 1. The van der Waals surface area contributed by atoms with Gasteiger partial charge in [-0.15, -0.1) is 0 Å². The summed E-state index contributed by atoms with van der Waals surface area (Å²) in [5, 5.41) is 5.72. The van der Waals surface area contributed by atoms with Crippen LogP contribution < -0.4 is 10.3 Å². The first kappa shape index (κ1) is 22.5. The molecule has 8 nitrogen and oxygen atoms in total. The number of aromatic nitrogens is 3. The predicted molar refractivity (Wildman–Crippen MR) is 132 cm³/mol. The van der Waals surface area contributed by atoms with E-state index in [0.29, 0.717) is 64.7 Å². The van der Waals surface area contributed by atoms with E-state index in [-0.39, 0.29) is 11.5 Å². The van der Waals surface area contributed by atoms with E-state index in [2.05, 4.69) is 15.0 Å². The first-order chi connectivity index (χ1) is 16.5. The molecule has 1 aliphatic rings. The molecule has 2 aromatic heterocycles. The van der Waals surface area contributed by atoms with Gasteiger partial charge in [0.2, 0.25) is 4.96 Å². The van der Waals surface area contributed by atoms with Crippen LogP contribution in [0.5, 0.6) is 5.75 Å². The van der Waals surface area contributed by atoms with Crippen molar-refractivity contribution in [2.45, 2.75) is 6.54 Å². The molecule has 1 fully saturated rings. The van der Waals surface area contributed by atoms with Crippen LogP contribution in [0.4, 0.5) is 0 Å². The van der Waals surface area contributed by atoms with Gasteiger partial charge in [-0.05, 0) is 30.3 Å². The second kappa shape index (κ2) is 9.54. The minimum Gasteiger partial charge on any atom is -0.497 e. The highest BCUT2D eigenvalue weighted by molar-refractivity contribution is 7.19. The summed E-state index contributed by atoms with van der Waals surface area (Å²) >= 11 is 7.45. The molecule has 0 spiro atoms. The predicted octanol–water partition coefficient (Wildman–Crippen LogP) is 3.44. The van der Waals surface area contributed by atoms with Gasteiger partial charge in [0.25, 0.3) is 11.5 Å². The van der Waals surface area contributed by atoms with Crippen LogP contribution in [0.25, 0.3) is 15.5 Å². The summed E-state index contributed by atoms with van der Waals surface area (Å²) in [7, 11) is 1.59. The Morgan fingerprint density at radius 3 is 2.65 bits per heavy atom. The number of hydrogen-bond donors (Lipinski definition) is 0. The topological polar surface area (TPSA) is 80.0 Å². The van der Waals surface area contributed by atoms with Crippen LogP contribution >= 0.6 is 22.9 Å². The molecular formula is C24H22ClN5O3S. The number of carbonyl (C=O) groups excluding carboxylic acids is 1. The van der Waals surface area contributed by atoms with Crippen LogP contribution in [0.2, 0.25) is 5.02 Å². The van der Waals surface area contributed by atoms with Crippen molar-refractivity contribution in [1.82, 2.24) is 24.4 Å². The van der Waals surface area contributed by atoms with Crippen molar-refractivity contribution in [2.75, 3.05) is 33.3 Å². The molecule has 0 saturated carbocycles. The van der Waals surface area contributed by atoms with Gasteiger partial charge in [-0.2, -0.15) is 9.61 Å². The smallest absolute Gasteiger partial charge is 0.275 e. The Bertz CT molecular complexity index is 1410. The number of hydrogen-bond acceptors (Lipinski definition) is 7. The lowest BCUT2D eigenvalue weighted by atomic mass is 10.1. The minimum atomic E-state index is -0.212. The lowest BCUT2D eigenvalue weighted by Crippen LogP contribution is -2.48. The largest absolute Gasteiger partial charge is 0.497 e. The monoisotopic (exact) mass is 495 g/mol. The van der Waals surface area contributed by atoms with Gasteiger partial charge in [0.05, 0.1) is 12.8 Å². The highest BCUT2D eigenvalue weighted by atomic mass is 35.5. The third-order valence-corrected chi connectivity index (χ3v) is 6.92. The fraction of sp³-hybridized carbons (Fsp3) is 0.250. The number of benzene rings is 2. The van der Waals surface area contributed by atoms with Gasteiger partial charge in [-0.3, -0.25) is 14.5 Å². The maximum absolute atomic E-state index is 12.8. The van der Waals surface area contributed by atoms with E-state index in [1.54, 1.807) is 25.3 Å². The average Bonchev–Trinajstić information content (AvgIpc) is 3.29. The van der Waals surface area contributed by atoms with E-state index < -0.39 is 0 Å². The Morgan fingerprint density at radius 2 is 1.88 bits per heavy atom. The number of halogens is 1. The molecule has 0 radical (unpaired) electrons.